The molecule has 0 heterocycles. The summed E-state index contributed by atoms with van der Waals surface area (Å²) in [5.41, 5.74) is 2.43. The number of unbranched alkanes of at least 4 members (excludes halogenated alkanes) is 5. The van der Waals surface area contributed by atoms with E-state index in [1.165, 1.54) is 119 Å². The first-order valence-corrected chi connectivity index (χ1v) is 19.4. The summed E-state index contributed by atoms with van der Waals surface area (Å²) in [6.45, 7) is 2.28. The molecule has 52 heavy (non-hydrogen) atoms. The summed E-state index contributed by atoms with van der Waals surface area (Å²) < 4.78 is 12.1. The fraction of sp³-hybridized carbons (Fsp3) is 0.455. The molecule has 274 valence electrons. The van der Waals surface area contributed by atoms with Gasteiger partial charge in [0, 0.05) is 29.7 Å². The van der Waals surface area contributed by atoms with Crippen LogP contribution >= 0.6 is 0 Å². The van der Waals surface area contributed by atoms with E-state index in [0.717, 1.165) is 30.6 Å². The Morgan fingerprint density at radius 2 is 0.923 bits per heavy atom. The Morgan fingerprint density at radius 1 is 0.538 bits per heavy atom. The Hall–Kier alpha value is -4.72. The lowest BCUT2D eigenvalue weighted by atomic mass is 9.60. The summed E-state index contributed by atoms with van der Waals surface area (Å²) in [4.78, 5) is 21.3. The SMILES string of the molecule is CCCCCCCCC1CCC(C2CCC(c3ccc(Oc4ccc([N+](=O)[O-])cc4)cc3)(c3ccc(Oc4ccc([N+](=O)[O-])cc4)cc3)CC2)CC1. The number of nitro groups is 2. The zero-order valence-electron chi connectivity index (χ0n) is 30.4. The van der Waals surface area contributed by atoms with Crippen molar-refractivity contribution in [3.05, 3.63) is 128 Å². The fourth-order valence-electron chi connectivity index (χ4n) is 8.74. The first kappa shape index (κ1) is 37.1. The van der Waals surface area contributed by atoms with Crippen LogP contribution in [0, 0.1) is 38.0 Å². The maximum Gasteiger partial charge on any atom is 0.269 e. The van der Waals surface area contributed by atoms with Gasteiger partial charge in [-0.3, -0.25) is 20.2 Å². The minimum atomic E-state index is -0.413. The van der Waals surface area contributed by atoms with Crippen molar-refractivity contribution in [2.45, 2.75) is 109 Å². The van der Waals surface area contributed by atoms with Crippen molar-refractivity contribution in [3.8, 4) is 23.0 Å². The monoisotopic (exact) mass is 704 g/mol. The zero-order chi connectivity index (χ0) is 36.3. The highest BCUT2D eigenvalue weighted by Crippen LogP contribution is 2.51. The second-order valence-corrected chi connectivity index (χ2v) is 15.0. The van der Waals surface area contributed by atoms with Crippen LogP contribution in [-0.4, -0.2) is 9.85 Å². The number of benzene rings is 4. The van der Waals surface area contributed by atoms with Gasteiger partial charge in [0.2, 0.25) is 0 Å². The van der Waals surface area contributed by atoms with Crippen LogP contribution in [0.4, 0.5) is 11.4 Å². The third kappa shape index (κ3) is 9.38. The lowest BCUT2D eigenvalue weighted by molar-refractivity contribution is -0.385. The van der Waals surface area contributed by atoms with Gasteiger partial charge in [-0.05, 0) is 116 Å². The fourth-order valence-corrected chi connectivity index (χ4v) is 8.74. The van der Waals surface area contributed by atoms with Crippen LogP contribution in [0.15, 0.2) is 97.1 Å². The van der Waals surface area contributed by atoms with Crippen LogP contribution in [0.3, 0.4) is 0 Å². The van der Waals surface area contributed by atoms with E-state index >= 15 is 0 Å². The summed E-state index contributed by atoms with van der Waals surface area (Å²) >= 11 is 0. The Bertz CT molecular complexity index is 1620. The number of nitrogens with zero attached hydrogens (tertiary/aromatic N) is 2. The molecule has 0 aromatic heterocycles. The van der Waals surface area contributed by atoms with Crippen LogP contribution in [0.1, 0.15) is 114 Å². The predicted molar refractivity (Wildman–Crippen MR) is 205 cm³/mol. The molecule has 0 unspecified atom stereocenters. The molecule has 8 nitrogen and oxygen atoms in total. The molecular formula is C44H52N2O6. The van der Waals surface area contributed by atoms with Crippen molar-refractivity contribution < 1.29 is 19.3 Å². The van der Waals surface area contributed by atoms with Gasteiger partial charge in [-0.1, -0.05) is 89.0 Å². The van der Waals surface area contributed by atoms with Crippen molar-refractivity contribution in [1.29, 1.82) is 0 Å². The highest BCUT2D eigenvalue weighted by molar-refractivity contribution is 5.46. The molecule has 2 saturated carbocycles. The molecule has 0 amide bonds. The van der Waals surface area contributed by atoms with Crippen LogP contribution in [0.5, 0.6) is 23.0 Å². The summed E-state index contributed by atoms with van der Waals surface area (Å²) in [5.74, 6) is 4.99. The van der Waals surface area contributed by atoms with Gasteiger partial charge in [-0.25, -0.2) is 0 Å². The van der Waals surface area contributed by atoms with E-state index in [2.05, 4.69) is 31.2 Å². The number of hydrogen-bond acceptors (Lipinski definition) is 6. The molecule has 0 aliphatic heterocycles. The second kappa shape index (κ2) is 17.7. The summed E-state index contributed by atoms with van der Waals surface area (Å²) in [7, 11) is 0. The van der Waals surface area contributed by atoms with Crippen LogP contribution in [-0.2, 0) is 5.41 Å². The molecule has 4 aromatic rings. The normalized spacial score (nSPS) is 18.8. The van der Waals surface area contributed by atoms with Crippen molar-refractivity contribution >= 4 is 11.4 Å². The maximum atomic E-state index is 11.1. The van der Waals surface area contributed by atoms with E-state index < -0.39 is 9.85 Å². The smallest absolute Gasteiger partial charge is 0.269 e. The van der Waals surface area contributed by atoms with Crippen LogP contribution < -0.4 is 9.47 Å². The third-order valence-corrected chi connectivity index (χ3v) is 11.8. The standard InChI is InChI=1S/C44H52N2O6/c1-2-3-4-5-6-7-8-33-9-11-34(12-10-33)35-29-31-44(32-30-35,36-13-21-40(22-14-36)51-42-25-17-38(18-26-42)45(47)48)37-15-23-41(24-16-37)52-43-27-19-39(20-28-43)46(49)50/h13-28,33-35H,2-12,29-32H2,1H3. The van der Waals surface area contributed by atoms with E-state index in [4.69, 9.17) is 9.47 Å². The molecule has 0 N–H and O–H groups in total. The van der Waals surface area contributed by atoms with Gasteiger partial charge in [0.1, 0.15) is 23.0 Å². The van der Waals surface area contributed by atoms with Crippen molar-refractivity contribution in [3.63, 3.8) is 0 Å². The maximum absolute atomic E-state index is 11.1. The quantitative estimate of drug-likeness (QED) is 0.0653. The summed E-state index contributed by atoms with van der Waals surface area (Å²) in [5, 5.41) is 22.1. The number of nitro benzene ring substituents is 2. The Labute approximate surface area is 307 Å². The molecule has 4 aromatic carbocycles. The second-order valence-electron chi connectivity index (χ2n) is 15.0. The minimum Gasteiger partial charge on any atom is -0.457 e. The molecular weight excluding hydrogens is 652 g/mol. The molecule has 0 spiro atoms. The van der Waals surface area contributed by atoms with E-state index in [-0.39, 0.29) is 16.8 Å². The molecule has 0 saturated heterocycles. The van der Waals surface area contributed by atoms with E-state index in [9.17, 15) is 20.2 Å². The molecule has 0 radical (unpaired) electrons. The van der Waals surface area contributed by atoms with Crippen molar-refractivity contribution in [1.82, 2.24) is 0 Å². The number of rotatable bonds is 16. The summed E-state index contributed by atoms with van der Waals surface area (Å²) in [6, 6.07) is 29.0. The van der Waals surface area contributed by atoms with Gasteiger partial charge in [-0.15, -0.1) is 0 Å². The molecule has 2 fully saturated rings. The molecule has 0 bridgehead atoms. The van der Waals surface area contributed by atoms with Gasteiger partial charge in [0.25, 0.3) is 11.4 Å². The predicted octanol–water partition coefficient (Wildman–Crippen LogP) is 13.1. The first-order valence-electron chi connectivity index (χ1n) is 19.4. The average molecular weight is 705 g/mol. The van der Waals surface area contributed by atoms with E-state index in [1.54, 1.807) is 24.3 Å². The van der Waals surface area contributed by atoms with E-state index in [1.807, 2.05) is 24.3 Å². The highest BCUT2D eigenvalue weighted by atomic mass is 16.6. The molecule has 2 aliphatic carbocycles. The largest absolute Gasteiger partial charge is 0.457 e. The molecule has 0 atom stereocenters. The third-order valence-electron chi connectivity index (χ3n) is 11.8. The molecule has 8 heteroatoms. The van der Waals surface area contributed by atoms with Crippen molar-refractivity contribution in [2.75, 3.05) is 0 Å². The van der Waals surface area contributed by atoms with Crippen LogP contribution in [0.2, 0.25) is 0 Å². The number of hydrogen-bond donors (Lipinski definition) is 0. The lowest BCUT2D eigenvalue weighted by Crippen LogP contribution is -2.35. The van der Waals surface area contributed by atoms with Gasteiger partial charge in [0.15, 0.2) is 0 Å². The lowest BCUT2D eigenvalue weighted by Gasteiger charge is -2.44. The van der Waals surface area contributed by atoms with Gasteiger partial charge in [-0.2, -0.15) is 0 Å². The Kier molecular flexibility index (Phi) is 12.6. The van der Waals surface area contributed by atoms with Crippen molar-refractivity contribution in [2.24, 2.45) is 17.8 Å². The van der Waals surface area contributed by atoms with Crippen LogP contribution in [0.25, 0.3) is 0 Å². The number of ether oxygens (including phenoxy) is 2. The zero-order valence-corrected chi connectivity index (χ0v) is 30.4. The highest BCUT2D eigenvalue weighted by Gasteiger charge is 2.41. The minimum absolute atomic E-state index is 0.0330. The molecule has 6 rings (SSSR count). The number of non-ortho nitro benzene ring substituents is 2. The molecule has 2 aliphatic rings. The van der Waals surface area contributed by atoms with Gasteiger partial charge >= 0.3 is 0 Å². The Balaban J connectivity index is 1.13. The first-order chi connectivity index (χ1) is 25.3. The van der Waals surface area contributed by atoms with E-state index in [0.29, 0.717) is 23.0 Å². The topological polar surface area (TPSA) is 105 Å². The van der Waals surface area contributed by atoms with Gasteiger partial charge in [0.05, 0.1) is 9.85 Å². The average Bonchev–Trinajstić information content (AvgIpc) is 3.17. The summed E-state index contributed by atoms with van der Waals surface area (Å²) in [6.07, 6.45) is 19.8. The Morgan fingerprint density at radius 3 is 1.35 bits per heavy atom. The van der Waals surface area contributed by atoms with Gasteiger partial charge < -0.3 is 9.47 Å².